The number of para-hydroxylation sites is 3. The molecule has 198 valence electrons. The Labute approximate surface area is 242 Å². The first kappa shape index (κ1) is 24.1. The molecule has 0 aliphatic rings. The van der Waals surface area contributed by atoms with Gasteiger partial charge in [0.05, 0.1) is 27.6 Å². The molecule has 42 heavy (non-hydrogen) atoms. The van der Waals surface area contributed by atoms with Gasteiger partial charge >= 0.3 is 0 Å². The van der Waals surface area contributed by atoms with Crippen molar-refractivity contribution in [2.45, 2.75) is 0 Å². The van der Waals surface area contributed by atoms with Gasteiger partial charge < -0.3 is 0 Å². The highest BCUT2D eigenvalue weighted by Crippen LogP contribution is 2.33. The van der Waals surface area contributed by atoms with Gasteiger partial charge in [0.1, 0.15) is 0 Å². The number of benzene rings is 6. The molecule has 6 aromatic carbocycles. The van der Waals surface area contributed by atoms with Gasteiger partial charge in [0.2, 0.25) is 5.78 Å². The fourth-order valence-corrected chi connectivity index (χ4v) is 5.89. The second kappa shape index (κ2) is 9.72. The van der Waals surface area contributed by atoms with Crippen molar-refractivity contribution in [1.29, 1.82) is 0 Å². The predicted molar refractivity (Wildman–Crippen MR) is 172 cm³/mol. The summed E-state index contributed by atoms with van der Waals surface area (Å²) in [5.41, 5.74) is 10.2. The molecule has 2 heterocycles. The van der Waals surface area contributed by atoms with E-state index in [1.54, 1.807) is 4.57 Å². The van der Waals surface area contributed by atoms with E-state index in [-0.39, 0.29) is 5.56 Å². The van der Waals surface area contributed by atoms with Crippen LogP contribution in [0.15, 0.2) is 156 Å². The number of fused-ring (bicyclic) bond motifs is 5. The number of hydrogen-bond donors (Lipinski definition) is 0. The molecule has 8 rings (SSSR count). The van der Waals surface area contributed by atoms with Gasteiger partial charge in [0, 0.05) is 0 Å². The van der Waals surface area contributed by atoms with Crippen molar-refractivity contribution in [1.82, 2.24) is 14.0 Å². The largest absolute Gasteiger partial charge is 0.277 e. The third kappa shape index (κ3) is 3.93. The summed E-state index contributed by atoms with van der Waals surface area (Å²) < 4.78 is 3.80. The lowest BCUT2D eigenvalue weighted by Crippen LogP contribution is -2.21. The molecule has 4 nitrogen and oxygen atoms in total. The topological polar surface area (TPSA) is 39.3 Å². The predicted octanol–water partition coefficient (Wildman–Crippen LogP) is 8.79. The molecule has 8 aromatic rings. The van der Waals surface area contributed by atoms with E-state index in [0.29, 0.717) is 11.2 Å². The molecule has 0 aliphatic carbocycles. The number of aromatic nitrogens is 3. The van der Waals surface area contributed by atoms with Crippen LogP contribution in [-0.4, -0.2) is 14.0 Å². The summed E-state index contributed by atoms with van der Waals surface area (Å²) >= 11 is 0. The minimum atomic E-state index is -0.0846. The first-order valence-electron chi connectivity index (χ1n) is 14.0. The van der Waals surface area contributed by atoms with Crippen LogP contribution in [0, 0.1) is 0 Å². The molecule has 0 amide bonds. The third-order valence-electron chi connectivity index (χ3n) is 7.93. The van der Waals surface area contributed by atoms with Gasteiger partial charge in [0.25, 0.3) is 5.56 Å². The molecule has 0 radical (unpaired) electrons. The van der Waals surface area contributed by atoms with E-state index in [4.69, 9.17) is 4.98 Å². The van der Waals surface area contributed by atoms with Crippen LogP contribution in [0.5, 0.6) is 0 Å². The summed E-state index contributed by atoms with van der Waals surface area (Å²) in [5.74, 6) is 0.602. The summed E-state index contributed by atoms with van der Waals surface area (Å²) in [4.78, 5) is 18.8. The molecule has 4 heteroatoms. The Morgan fingerprint density at radius 3 is 1.57 bits per heavy atom. The van der Waals surface area contributed by atoms with Crippen LogP contribution in [0.25, 0.3) is 66.8 Å². The normalized spacial score (nSPS) is 11.4. The molecular formula is C38H25N3O. The zero-order chi connectivity index (χ0) is 28.0. The van der Waals surface area contributed by atoms with Crippen molar-refractivity contribution in [3.63, 3.8) is 0 Å². The molecule has 0 saturated carbocycles. The summed E-state index contributed by atoms with van der Waals surface area (Å²) in [6.07, 6.45) is 0. The van der Waals surface area contributed by atoms with E-state index in [9.17, 15) is 4.79 Å². The van der Waals surface area contributed by atoms with Gasteiger partial charge in [-0.3, -0.25) is 9.20 Å². The van der Waals surface area contributed by atoms with E-state index >= 15 is 0 Å². The van der Waals surface area contributed by atoms with E-state index in [2.05, 4.69) is 83.3 Å². The summed E-state index contributed by atoms with van der Waals surface area (Å²) in [6, 6.07) is 51.6. The second-order valence-corrected chi connectivity index (χ2v) is 10.5. The zero-order valence-corrected chi connectivity index (χ0v) is 22.7. The molecule has 0 saturated heterocycles. The quantitative estimate of drug-likeness (QED) is 0.224. The summed E-state index contributed by atoms with van der Waals surface area (Å²) in [6.45, 7) is 0. The molecular weight excluding hydrogens is 514 g/mol. The minimum absolute atomic E-state index is 0.0846. The van der Waals surface area contributed by atoms with E-state index in [1.165, 1.54) is 11.1 Å². The van der Waals surface area contributed by atoms with E-state index < -0.39 is 0 Å². The van der Waals surface area contributed by atoms with Crippen molar-refractivity contribution >= 4 is 27.7 Å². The van der Waals surface area contributed by atoms with E-state index in [0.717, 1.165) is 44.5 Å². The van der Waals surface area contributed by atoms with Gasteiger partial charge in [-0.1, -0.05) is 97.1 Å². The Bertz CT molecular complexity index is 2240. The van der Waals surface area contributed by atoms with Crippen molar-refractivity contribution in [2.75, 3.05) is 0 Å². The average Bonchev–Trinajstić information content (AvgIpc) is 3.45. The molecule has 0 spiro atoms. The van der Waals surface area contributed by atoms with Crippen LogP contribution in [0.2, 0.25) is 0 Å². The van der Waals surface area contributed by atoms with Gasteiger partial charge in [-0.15, -0.1) is 0 Å². The lowest BCUT2D eigenvalue weighted by atomic mass is 9.93. The first-order chi connectivity index (χ1) is 20.7. The van der Waals surface area contributed by atoms with Crippen molar-refractivity contribution < 1.29 is 0 Å². The zero-order valence-electron chi connectivity index (χ0n) is 22.7. The Kier molecular flexibility index (Phi) is 5.57. The number of imidazole rings is 1. The molecule has 0 aliphatic heterocycles. The highest BCUT2D eigenvalue weighted by Gasteiger charge is 2.17. The Morgan fingerprint density at radius 1 is 0.452 bits per heavy atom. The fourth-order valence-electron chi connectivity index (χ4n) is 5.89. The monoisotopic (exact) mass is 539 g/mol. The lowest BCUT2D eigenvalue weighted by Gasteiger charge is -2.13. The highest BCUT2D eigenvalue weighted by atomic mass is 16.1. The second-order valence-electron chi connectivity index (χ2n) is 10.5. The maximum absolute atomic E-state index is 13.9. The average molecular weight is 540 g/mol. The molecule has 0 atom stereocenters. The van der Waals surface area contributed by atoms with Crippen molar-refractivity contribution in [3.8, 4) is 39.1 Å². The molecule has 2 aromatic heterocycles. The number of nitrogens with zero attached hydrogens (tertiary/aromatic N) is 3. The molecule has 0 unspecified atom stereocenters. The smallest absolute Gasteiger partial charge is 0.267 e. The van der Waals surface area contributed by atoms with Gasteiger partial charge in [-0.2, -0.15) is 0 Å². The number of hydrogen-bond acceptors (Lipinski definition) is 2. The van der Waals surface area contributed by atoms with Crippen LogP contribution in [0.1, 0.15) is 0 Å². The van der Waals surface area contributed by atoms with Crippen LogP contribution >= 0.6 is 0 Å². The minimum Gasteiger partial charge on any atom is -0.277 e. The molecule has 0 fully saturated rings. The SMILES string of the molecule is O=c1c2ccccc2n2c3ccccc3nc2n1-c1ccc(-c2cc(-c3ccccc3)cc(-c3ccccc3)c2)cc1. The third-order valence-corrected chi connectivity index (χ3v) is 7.93. The van der Waals surface area contributed by atoms with Crippen LogP contribution in [-0.2, 0) is 0 Å². The number of rotatable bonds is 4. The van der Waals surface area contributed by atoms with Gasteiger partial charge in [0.15, 0.2) is 0 Å². The Hall–Kier alpha value is -5.74. The Balaban J connectivity index is 1.31. The summed E-state index contributed by atoms with van der Waals surface area (Å²) in [7, 11) is 0. The van der Waals surface area contributed by atoms with Crippen LogP contribution in [0.4, 0.5) is 0 Å². The van der Waals surface area contributed by atoms with E-state index in [1.807, 2.05) is 72.8 Å². The van der Waals surface area contributed by atoms with Crippen LogP contribution in [0.3, 0.4) is 0 Å². The lowest BCUT2D eigenvalue weighted by molar-refractivity contribution is 0.983. The first-order valence-corrected chi connectivity index (χ1v) is 14.0. The van der Waals surface area contributed by atoms with Gasteiger partial charge in [-0.25, -0.2) is 9.55 Å². The maximum Gasteiger partial charge on any atom is 0.267 e. The van der Waals surface area contributed by atoms with Gasteiger partial charge in [-0.05, 0) is 88.0 Å². The molecule has 0 N–H and O–H groups in total. The standard InChI is InChI=1S/C38H25N3O/c42-37-33-15-7-9-17-35(33)41-36-18-10-8-16-34(36)39-38(41)40(37)32-21-19-28(20-22-32)31-24-29(26-11-3-1-4-12-26)23-30(25-31)27-13-5-2-6-14-27/h1-25H. The fraction of sp³-hybridized carbons (Fsp3) is 0. The van der Waals surface area contributed by atoms with Crippen molar-refractivity contribution in [3.05, 3.63) is 162 Å². The highest BCUT2D eigenvalue weighted by molar-refractivity contribution is 5.90. The Morgan fingerprint density at radius 2 is 0.952 bits per heavy atom. The maximum atomic E-state index is 13.9. The summed E-state index contributed by atoms with van der Waals surface area (Å²) in [5, 5.41) is 0.653. The van der Waals surface area contributed by atoms with Crippen molar-refractivity contribution in [2.24, 2.45) is 0 Å². The molecule has 0 bridgehead atoms. The van der Waals surface area contributed by atoms with Crippen LogP contribution < -0.4 is 5.56 Å².